The summed E-state index contributed by atoms with van der Waals surface area (Å²) in [5.74, 6) is 0.871. The number of hydrogen-bond donors (Lipinski definition) is 1. The van der Waals surface area contributed by atoms with Crippen LogP contribution in [0.15, 0.2) is 42.6 Å². The van der Waals surface area contributed by atoms with Gasteiger partial charge in [-0.2, -0.15) is 5.10 Å². The highest BCUT2D eigenvalue weighted by Crippen LogP contribution is 2.32. The summed E-state index contributed by atoms with van der Waals surface area (Å²) in [6, 6.07) is 12.9. The third kappa shape index (κ3) is 3.53. The van der Waals surface area contributed by atoms with Gasteiger partial charge in [0.25, 0.3) is 0 Å². The summed E-state index contributed by atoms with van der Waals surface area (Å²) < 4.78 is 1.98. The van der Waals surface area contributed by atoms with E-state index in [1.807, 2.05) is 10.7 Å². The maximum Gasteiger partial charge on any atom is 0.0798 e. The van der Waals surface area contributed by atoms with Gasteiger partial charge in [-0.3, -0.25) is 0 Å². The molecule has 1 fully saturated rings. The SMILES string of the molecule is CCNC(CC1CCCC1)c1ccn(-c2ccccc2)n1. The van der Waals surface area contributed by atoms with Crippen molar-refractivity contribution in [2.24, 2.45) is 5.92 Å². The van der Waals surface area contributed by atoms with Gasteiger partial charge < -0.3 is 5.32 Å². The zero-order chi connectivity index (χ0) is 14.5. The number of para-hydroxylation sites is 1. The normalized spacial score (nSPS) is 17.2. The third-order valence-electron chi connectivity index (χ3n) is 4.48. The minimum atomic E-state index is 0.392. The van der Waals surface area contributed by atoms with Crippen molar-refractivity contribution >= 4 is 0 Å². The molecule has 1 aromatic heterocycles. The smallest absolute Gasteiger partial charge is 0.0798 e. The van der Waals surface area contributed by atoms with Gasteiger partial charge in [0.1, 0.15) is 0 Å². The van der Waals surface area contributed by atoms with E-state index in [1.165, 1.54) is 37.8 Å². The van der Waals surface area contributed by atoms with Crippen LogP contribution in [-0.4, -0.2) is 16.3 Å². The minimum absolute atomic E-state index is 0.392. The molecule has 1 aromatic carbocycles. The van der Waals surface area contributed by atoms with Crippen molar-refractivity contribution in [3.8, 4) is 5.69 Å². The van der Waals surface area contributed by atoms with E-state index in [9.17, 15) is 0 Å². The van der Waals surface area contributed by atoms with Gasteiger partial charge in [-0.1, -0.05) is 50.8 Å². The monoisotopic (exact) mass is 283 g/mol. The van der Waals surface area contributed by atoms with Gasteiger partial charge in [0, 0.05) is 6.20 Å². The zero-order valence-corrected chi connectivity index (χ0v) is 12.8. The molecule has 1 atom stereocenters. The van der Waals surface area contributed by atoms with Crippen molar-refractivity contribution < 1.29 is 0 Å². The highest BCUT2D eigenvalue weighted by atomic mass is 15.3. The summed E-state index contributed by atoms with van der Waals surface area (Å²) in [7, 11) is 0. The van der Waals surface area contributed by atoms with E-state index in [0.29, 0.717) is 6.04 Å². The van der Waals surface area contributed by atoms with Crippen molar-refractivity contribution in [2.45, 2.75) is 45.1 Å². The van der Waals surface area contributed by atoms with Crippen LogP contribution in [0.3, 0.4) is 0 Å². The van der Waals surface area contributed by atoms with Gasteiger partial charge in [0.05, 0.1) is 17.4 Å². The molecule has 0 saturated heterocycles. The van der Waals surface area contributed by atoms with E-state index in [-0.39, 0.29) is 0 Å². The molecule has 1 aliphatic carbocycles. The summed E-state index contributed by atoms with van der Waals surface area (Å²) in [6.07, 6.45) is 8.88. The molecule has 1 aliphatic rings. The van der Waals surface area contributed by atoms with Crippen molar-refractivity contribution in [1.29, 1.82) is 0 Å². The second kappa shape index (κ2) is 6.90. The fourth-order valence-corrected chi connectivity index (χ4v) is 3.38. The van der Waals surface area contributed by atoms with Gasteiger partial charge in [-0.25, -0.2) is 4.68 Å². The first-order valence-electron chi connectivity index (χ1n) is 8.21. The summed E-state index contributed by atoms with van der Waals surface area (Å²) in [5, 5.41) is 8.41. The van der Waals surface area contributed by atoms with Gasteiger partial charge in [0.15, 0.2) is 0 Å². The molecule has 0 spiro atoms. The van der Waals surface area contributed by atoms with Crippen LogP contribution in [0.4, 0.5) is 0 Å². The number of nitrogens with one attached hydrogen (secondary N) is 1. The topological polar surface area (TPSA) is 29.9 Å². The average Bonchev–Trinajstić information content (AvgIpc) is 3.19. The first kappa shape index (κ1) is 14.3. The second-order valence-corrected chi connectivity index (χ2v) is 6.02. The molecule has 0 bridgehead atoms. The largest absolute Gasteiger partial charge is 0.309 e. The molecule has 0 amide bonds. The van der Waals surface area contributed by atoms with Crippen molar-refractivity contribution in [3.05, 3.63) is 48.3 Å². The molecule has 3 nitrogen and oxygen atoms in total. The Balaban J connectivity index is 1.75. The highest BCUT2D eigenvalue weighted by molar-refractivity contribution is 5.30. The Morgan fingerprint density at radius 1 is 1.19 bits per heavy atom. The Morgan fingerprint density at radius 2 is 1.95 bits per heavy atom. The quantitative estimate of drug-likeness (QED) is 0.865. The molecule has 21 heavy (non-hydrogen) atoms. The van der Waals surface area contributed by atoms with Crippen molar-refractivity contribution in [1.82, 2.24) is 15.1 Å². The fourth-order valence-electron chi connectivity index (χ4n) is 3.38. The summed E-state index contributed by atoms with van der Waals surface area (Å²) in [5.41, 5.74) is 2.30. The summed E-state index contributed by atoms with van der Waals surface area (Å²) in [6.45, 7) is 3.17. The molecular formula is C18H25N3. The molecule has 3 rings (SSSR count). The van der Waals surface area contributed by atoms with Crippen LogP contribution in [0.5, 0.6) is 0 Å². The zero-order valence-electron chi connectivity index (χ0n) is 12.8. The number of nitrogens with zero attached hydrogens (tertiary/aromatic N) is 2. The number of aromatic nitrogens is 2. The lowest BCUT2D eigenvalue weighted by molar-refractivity contribution is 0.393. The first-order valence-corrected chi connectivity index (χ1v) is 8.21. The number of benzene rings is 1. The highest BCUT2D eigenvalue weighted by Gasteiger charge is 2.22. The van der Waals surface area contributed by atoms with E-state index in [1.54, 1.807) is 0 Å². The van der Waals surface area contributed by atoms with Gasteiger partial charge >= 0.3 is 0 Å². The van der Waals surface area contributed by atoms with Crippen LogP contribution in [0.2, 0.25) is 0 Å². The number of hydrogen-bond acceptors (Lipinski definition) is 2. The van der Waals surface area contributed by atoms with E-state index in [2.05, 4.69) is 48.8 Å². The lowest BCUT2D eigenvalue weighted by atomic mass is 9.96. The first-order chi connectivity index (χ1) is 10.4. The molecule has 1 unspecified atom stereocenters. The molecule has 1 N–H and O–H groups in total. The second-order valence-electron chi connectivity index (χ2n) is 6.02. The van der Waals surface area contributed by atoms with Crippen LogP contribution in [0.1, 0.15) is 50.8 Å². The van der Waals surface area contributed by atoms with Gasteiger partial charge in [-0.05, 0) is 37.1 Å². The van der Waals surface area contributed by atoms with Crippen LogP contribution in [-0.2, 0) is 0 Å². The molecule has 2 aromatic rings. The maximum absolute atomic E-state index is 4.80. The predicted octanol–water partition coefficient (Wildman–Crippen LogP) is 4.10. The van der Waals surface area contributed by atoms with Crippen LogP contribution >= 0.6 is 0 Å². The lowest BCUT2D eigenvalue weighted by Crippen LogP contribution is -2.23. The van der Waals surface area contributed by atoms with Crippen molar-refractivity contribution in [2.75, 3.05) is 6.54 Å². The van der Waals surface area contributed by atoms with E-state index in [0.717, 1.165) is 18.2 Å². The average molecular weight is 283 g/mol. The van der Waals surface area contributed by atoms with Crippen LogP contribution in [0.25, 0.3) is 5.69 Å². The fraction of sp³-hybridized carbons (Fsp3) is 0.500. The molecule has 0 radical (unpaired) electrons. The Bertz CT molecular complexity index is 541. The van der Waals surface area contributed by atoms with E-state index >= 15 is 0 Å². The Morgan fingerprint density at radius 3 is 2.67 bits per heavy atom. The molecule has 0 aliphatic heterocycles. The Labute approximate surface area is 127 Å². The van der Waals surface area contributed by atoms with Gasteiger partial charge in [0.2, 0.25) is 0 Å². The Kier molecular flexibility index (Phi) is 4.71. The lowest BCUT2D eigenvalue weighted by Gasteiger charge is -2.19. The molecule has 112 valence electrons. The molecule has 1 saturated carbocycles. The third-order valence-corrected chi connectivity index (χ3v) is 4.48. The van der Waals surface area contributed by atoms with E-state index < -0.39 is 0 Å². The van der Waals surface area contributed by atoms with Gasteiger partial charge in [-0.15, -0.1) is 0 Å². The molecular weight excluding hydrogens is 258 g/mol. The molecule has 1 heterocycles. The Hall–Kier alpha value is -1.61. The minimum Gasteiger partial charge on any atom is -0.309 e. The van der Waals surface area contributed by atoms with Crippen LogP contribution in [0, 0.1) is 5.92 Å². The summed E-state index contributed by atoms with van der Waals surface area (Å²) in [4.78, 5) is 0. The maximum atomic E-state index is 4.80. The van der Waals surface area contributed by atoms with Crippen molar-refractivity contribution in [3.63, 3.8) is 0 Å². The molecule has 3 heteroatoms. The predicted molar refractivity (Wildman–Crippen MR) is 86.6 cm³/mol. The number of rotatable bonds is 6. The van der Waals surface area contributed by atoms with E-state index in [4.69, 9.17) is 5.10 Å². The van der Waals surface area contributed by atoms with Crippen LogP contribution < -0.4 is 5.32 Å². The standard InChI is InChI=1S/C18H25N3/c1-2-19-18(14-15-8-6-7-9-15)17-12-13-21(20-17)16-10-4-3-5-11-16/h3-5,10-13,15,18-19H,2,6-9,14H2,1H3. The summed E-state index contributed by atoms with van der Waals surface area (Å²) >= 11 is 0.